The first-order valence-electron chi connectivity index (χ1n) is 2.92. The summed E-state index contributed by atoms with van der Waals surface area (Å²) in [5, 5.41) is 22.1. The summed E-state index contributed by atoms with van der Waals surface area (Å²) in [6.07, 6.45) is 1.15. The Morgan fingerprint density at radius 1 is 1.64 bits per heavy atom. The molecule has 6 heteroatoms. The van der Waals surface area contributed by atoms with Crippen LogP contribution in [0, 0.1) is 15.5 Å². The van der Waals surface area contributed by atoms with Gasteiger partial charge < -0.3 is 10.6 Å². The molecule has 0 spiro atoms. The van der Waals surface area contributed by atoms with Crippen molar-refractivity contribution in [2.24, 2.45) is 0 Å². The van der Waals surface area contributed by atoms with Crippen molar-refractivity contribution in [3.05, 3.63) is 22.0 Å². The van der Waals surface area contributed by atoms with Crippen molar-refractivity contribution < 1.29 is 4.92 Å². The Kier molecular flexibility index (Phi) is 3.65. The van der Waals surface area contributed by atoms with Crippen LogP contribution in [0.15, 0.2) is 11.9 Å². The summed E-state index contributed by atoms with van der Waals surface area (Å²) in [5.74, 6) is -0.218. The quantitative estimate of drug-likeness (QED) is 0.224. The van der Waals surface area contributed by atoms with Gasteiger partial charge in [0, 0.05) is 14.1 Å². The summed E-state index contributed by atoms with van der Waals surface area (Å²) in [5.41, 5.74) is -0.282. The molecule has 0 amide bonds. The number of likely N-dealkylation sites (N-methyl/N-ethyl adjacent to an activating group) is 1. The minimum absolute atomic E-state index is 0.218. The number of nitrogens with zero attached hydrogens (tertiary/aromatic N) is 1. The minimum Gasteiger partial charge on any atom is -0.388 e. The van der Waals surface area contributed by atoms with Crippen LogP contribution in [-0.4, -0.2) is 24.9 Å². The topological polar surface area (TPSA) is 91.1 Å². The normalized spacial score (nSPS) is 10.5. The lowest BCUT2D eigenvalue weighted by Gasteiger charge is -1.98. The van der Waals surface area contributed by atoms with E-state index >= 15 is 0 Å². The molecule has 0 aromatic rings. The molecule has 0 aliphatic carbocycles. The van der Waals surface area contributed by atoms with Crippen LogP contribution in [-0.2, 0) is 0 Å². The molecule has 0 fully saturated rings. The fourth-order valence-corrected chi connectivity index (χ4v) is 0.481. The minimum atomic E-state index is -0.630. The summed E-state index contributed by atoms with van der Waals surface area (Å²) < 4.78 is 0. The van der Waals surface area contributed by atoms with Gasteiger partial charge in [0.2, 0.25) is 0 Å². The highest BCUT2D eigenvalue weighted by molar-refractivity contribution is 5.93. The van der Waals surface area contributed by atoms with Crippen molar-refractivity contribution in [3.8, 4) is 0 Å². The average Bonchev–Trinajstić information content (AvgIpc) is 1.98. The van der Waals surface area contributed by atoms with E-state index in [0.29, 0.717) is 0 Å². The predicted octanol–water partition coefficient (Wildman–Crippen LogP) is -0.479. The van der Waals surface area contributed by atoms with E-state index in [4.69, 9.17) is 5.41 Å². The lowest BCUT2D eigenvalue weighted by molar-refractivity contribution is -0.415. The molecule has 0 aliphatic rings. The van der Waals surface area contributed by atoms with Gasteiger partial charge in [0.05, 0.1) is 11.1 Å². The van der Waals surface area contributed by atoms with Crippen molar-refractivity contribution in [1.29, 1.82) is 5.41 Å². The maximum Gasteiger partial charge on any atom is 0.326 e. The summed E-state index contributed by atoms with van der Waals surface area (Å²) in [4.78, 5) is 9.58. The van der Waals surface area contributed by atoms with E-state index in [1.165, 1.54) is 14.1 Å². The van der Waals surface area contributed by atoms with Crippen molar-refractivity contribution in [3.63, 3.8) is 0 Å². The number of amidine groups is 1. The zero-order chi connectivity index (χ0) is 8.85. The summed E-state index contributed by atoms with van der Waals surface area (Å²) in [6.45, 7) is 0. The van der Waals surface area contributed by atoms with Crippen molar-refractivity contribution in [1.82, 2.24) is 10.6 Å². The van der Waals surface area contributed by atoms with E-state index in [-0.39, 0.29) is 11.5 Å². The Hall–Kier alpha value is -1.59. The summed E-state index contributed by atoms with van der Waals surface area (Å²) >= 11 is 0. The molecule has 0 aliphatic heterocycles. The maximum atomic E-state index is 10.2. The Bertz CT molecular complexity index is 199. The molecule has 62 valence electrons. The molecule has 0 saturated carbocycles. The fourth-order valence-electron chi connectivity index (χ4n) is 0.481. The largest absolute Gasteiger partial charge is 0.388 e. The van der Waals surface area contributed by atoms with Gasteiger partial charge in [0.15, 0.2) is 5.84 Å². The Morgan fingerprint density at radius 3 is 2.45 bits per heavy atom. The molecule has 0 radical (unpaired) electrons. The van der Waals surface area contributed by atoms with E-state index in [9.17, 15) is 10.1 Å². The molecule has 0 bridgehead atoms. The number of hydrogen-bond donors (Lipinski definition) is 3. The molecular weight excluding hydrogens is 148 g/mol. The van der Waals surface area contributed by atoms with E-state index in [0.717, 1.165) is 6.20 Å². The Balaban J connectivity index is 4.48. The van der Waals surface area contributed by atoms with Gasteiger partial charge in [-0.05, 0) is 0 Å². The van der Waals surface area contributed by atoms with Crippen molar-refractivity contribution in [2.45, 2.75) is 0 Å². The van der Waals surface area contributed by atoms with E-state index in [1.807, 2.05) is 0 Å². The van der Waals surface area contributed by atoms with Crippen LogP contribution in [0.2, 0.25) is 0 Å². The van der Waals surface area contributed by atoms with Gasteiger partial charge in [0.1, 0.15) is 0 Å². The fraction of sp³-hybridized carbons (Fsp3) is 0.400. The van der Waals surface area contributed by atoms with Crippen molar-refractivity contribution >= 4 is 5.84 Å². The predicted molar refractivity (Wildman–Crippen MR) is 40.9 cm³/mol. The van der Waals surface area contributed by atoms with Gasteiger partial charge in [-0.25, -0.2) is 0 Å². The van der Waals surface area contributed by atoms with Crippen molar-refractivity contribution in [2.75, 3.05) is 14.1 Å². The summed E-state index contributed by atoms with van der Waals surface area (Å²) in [7, 11) is 2.99. The third-order valence-electron chi connectivity index (χ3n) is 0.984. The summed E-state index contributed by atoms with van der Waals surface area (Å²) in [6, 6.07) is 0. The van der Waals surface area contributed by atoms with Crippen LogP contribution in [0.3, 0.4) is 0 Å². The lowest BCUT2D eigenvalue weighted by atomic mass is 10.4. The smallest absolute Gasteiger partial charge is 0.326 e. The highest BCUT2D eigenvalue weighted by Gasteiger charge is 2.14. The first-order chi connectivity index (χ1) is 5.13. The number of nitrogens with one attached hydrogen (secondary N) is 3. The molecule has 6 nitrogen and oxygen atoms in total. The Labute approximate surface area is 63.9 Å². The third kappa shape index (κ3) is 2.65. The van der Waals surface area contributed by atoms with E-state index < -0.39 is 4.92 Å². The highest BCUT2D eigenvalue weighted by atomic mass is 16.6. The van der Waals surface area contributed by atoms with Gasteiger partial charge in [-0.15, -0.1) is 0 Å². The highest BCUT2D eigenvalue weighted by Crippen LogP contribution is 1.92. The lowest BCUT2D eigenvalue weighted by Crippen LogP contribution is -2.24. The molecule has 11 heavy (non-hydrogen) atoms. The van der Waals surface area contributed by atoms with Gasteiger partial charge >= 0.3 is 5.70 Å². The molecule has 0 aromatic heterocycles. The molecule has 0 rings (SSSR count). The van der Waals surface area contributed by atoms with Gasteiger partial charge in [-0.1, -0.05) is 0 Å². The number of rotatable bonds is 3. The SMILES string of the molecule is CN/C=C(\C(=N)NC)[N+](=O)[O-]. The second-order valence-electron chi connectivity index (χ2n) is 1.70. The maximum absolute atomic E-state index is 10.2. The standard InChI is InChI=1S/C5H10N4O2/c1-7-3-4(9(10)11)5(6)8-2/h3,7H,1-2H3,(H2,6,8)/b4-3+. The van der Waals surface area contributed by atoms with E-state index in [1.54, 1.807) is 0 Å². The molecular formula is C5H10N4O2. The number of hydrogen-bond acceptors (Lipinski definition) is 4. The zero-order valence-corrected chi connectivity index (χ0v) is 6.34. The Morgan fingerprint density at radius 2 is 2.18 bits per heavy atom. The van der Waals surface area contributed by atoms with Gasteiger partial charge in [-0.3, -0.25) is 15.5 Å². The zero-order valence-electron chi connectivity index (χ0n) is 6.34. The molecule has 0 heterocycles. The second kappa shape index (κ2) is 4.26. The van der Waals surface area contributed by atoms with Crippen LogP contribution in [0.4, 0.5) is 0 Å². The number of nitro groups is 1. The van der Waals surface area contributed by atoms with Crippen LogP contribution < -0.4 is 10.6 Å². The van der Waals surface area contributed by atoms with Crippen LogP contribution in [0.5, 0.6) is 0 Å². The molecule has 3 N–H and O–H groups in total. The molecule has 0 atom stereocenters. The van der Waals surface area contributed by atoms with Crippen LogP contribution in [0.25, 0.3) is 0 Å². The van der Waals surface area contributed by atoms with Crippen LogP contribution >= 0.6 is 0 Å². The molecule has 0 unspecified atom stereocenters. The third-order valence-corrected chi connectivity index (χ3v) is 0.984. The second-order valence-corrected chi connectivity index (χ2v) is 1.70. The average molecular weight is 158 g/mol. The van der Waals surface area contributed by atoms with Gasteiger partial charge in [-0.2, -0.15) is 0 Å². The molecule has 0 aromatic carbocycles. The monoisotopic (exact) mass is 158 g/mol. The first-order valence-corrected chi connectivity index (χ1v) is 2.92. The van der Waals surface area contributed by atoms with Crippen LogP contribution in [0.1, 0.15) is 0 Å². The van der Waals surface area contributed by atoms with E-state index in [2.05, 4.69) is 10.6 Å². The first kappa shape index (κ1) is 9.41. The van der Waals surface area contributed by atoms with Gasteiger partial charge in [0.25, 0.3) is 0 Å². The molecule has 0 saturated heterocycles.